The summed E-state index contributed by atoms with van der Waals surface area (Å²) in [7, 11) is 0. The first-order valence-corrected chi connectivity index (χ1v) is 4.49. The Balaban J connectivity index is 5.55. The normalized spacial score (nSPS) is 15.2. The molecule has 21 heavy (non-hydrogen) atoms. The fourth-order valence-electron chi connectivity index (χ4n) is 0.810. The molecule has 0 aromatic carbocycles. The van der Waals surface area contributed by atoms with E-state index in [9.17, 15) is 48.7 Å². The lowest BCUT2D eigenvalue weighted by Crippen LogP contribution is -2.56. The smallest absolute Gasteiger partial charge is 0.426 e. The zero-order chi connectivity index (χ0) is 17.3. The molecule has 0 atom stereocenters. The molecule has 0 aliphatic carbocycles. The van der Waals surface area contributed by atoms with E-state index < -0.39 is 48.6 Å². The number of carboxylic acid groups (broad SMARTS) is 1. The van der Waals surface area contributed by atoms with Crippen LogP contribution in [0.4, 0.5) is 43.9 Å². The van der Waals surface area contributed by atoms with Crippen LogP contribution in [0.15, 0.2) is 11.9 Å². The Kier molecular flexibility index (Phi) is 5.28. The molecule has 0 heterocycles. The number of aliphatic carboxylic acids is 1. The Bertz CT molecular complexity index is 425. The van der Waals surface area contributed by atoms with Crippen molar-refractivity contribution in [2.75, 3.05) is 6.61 Å². The number of hydrogen-bond donors (Lipinski definition) is 1. The lowest BCUT2D eigenvalue weighted by molar-refractivity contribution is -0.391. The van der Waals surface area contributed by atoms with Crippen LogP contribution in [0.2, 0.25) is 0 Å². The van der Waals surface area contributed by atoms with Gasteiger partial charge in [0.1, 0.15) is 0 Å². The van der Waals surface area contributed by atoms with Gasteiger partial charge in [-0.1, -0.05) is 0 Å². The summed E-state index contributed by atoms with van der Waals surface area (Å²) in [6.45, 7) is -2.18. The summed E-state index contributed by atoms with van der Waals surface area (Å²) in [5, 5.41) is 7.88. The first-order chi connectivity index (χ1) is 9.04. The van der Waals surface area contributed by atoms with Gasteiger partial charge >= 0.3 is 30.1 Å². The maximum atomic E-state index is 12.8. The predicted molar refractivity (Wildman–Crippen MR) is 43.7 cm³/mol. The zero-order valence-corrected chi connectivity index (χ0v) is 9.33. The van der Waals surface area contributed by atoms with Crippen LogP contribution < -0.4 is 0 Å². The van der Waals surface area contributed by atoms with Crippen LogP contribution in [0.1, 0.15) is 0 Å². The third kappa shape index (κ3) is 4.47. The Labute approximate surface area is 108 Å². The topological polar surface area (TPSA) is 46.5 Å². The van der Waals surface area contributed by atoms with E-state index in [1.54, 1.807) is 0 Å². The monoisotopic (exact) mass is 338 g/mol. The molecule has 0 unspecified atom stereocenters. The van der Waals surface area contributed by atoms with Gasteiger partial charge in [0.25, 0.3) is 0 Å². The van der Waals surface area contributed by atoms with Crippen molar-refractivity contribution < 1.29 is 58.5 Å². The van der Waals surface area contributed by atoms with Gasteiger partial charge in [-0.3, -0.25) is 0 Å². The van der Waals surface area contributed by atoms with Gasteiger partial charge in [-0.25, -0.2) is 9.18 Å². The highest BCUT2D eigenvalue weighted by molar-refractivity contribution is 5.68. The average Bonchev–Trinajstić information content (AvgIpc) is 2.23. The molecule has 0 aliphatic rings. The molecule has 0 saturated carbocycles. The van der Waals surface area contributed by atoms with Crippen molar-refractivity contribution in [3.63, 3.8) is 0 Å². The minimum atomic E-state index is -6.78. The highest BCUT2D eigenvalue weighted by atomic mass is 19.4. The van der Waals surface area contributed by atoms with Crippen LogP contribution in [-0.2, 0) is 9.53 Å². The molecule has 0 spiro atoms. The van der Waals surface area contributed by atoms with Gasteiger partial charge in [-0.15, -0.1) is 0 Å². The van der Waals surface area contributed by atoms with E-state index >= 15 is 0 Å². The molecule has 0 radical (unpaired) electrons. The van der Waals surface area contributed by atoms with E-state index in [0.29, 0.717) is 0 Å². The number of hydrogen-bond acceptors (Lipinski definition) is 2. The number of halogens is 10. The number of allylic oxidation sites excluding steroid dienone is 2. The van der Waals surface area contributed by atoms with Gasteiger partial charge in [0.15, 0.2) is 12.4 Å². The summed E-state index contributed by atoms with van der Waals surface area (Å²) in [5.74, 6) is -19.5. The number of ether oxygens (including phenoxy) is 1. The number of rotatable bonds is 6. The maximum absolute atomic E-state index is 12.8. The van der Waals surface area contributed by atoms with Crippen molar-refractivity contribution in [1.82, 2.24) is 0 Å². The third-order valence-electron chi connectivity index (χ3n) is 1.73. The SMILES string of the molecule is O=C(O)COC(F)(F)C(F)(F)C(F)(F)C(F)=CC(F)(F)F. The molecule has 0 fully saturated rings. The first kappa shape index (κ1) is 19.5. The summed E-state index contributed by atoms with van der Waals surface area (Å²) in [5.41, 5.74) is 0. The minimum absolute atomic E-state index is 1.94. The van der Waals surface area contributed by atoms with E-state index in [2.05, 4.69) is 4.74 Å². The molecule has 13 heteroatoms. The Morgan fingerprint density at radius 2 is 1.43 bits per heavy atom. The van der Waals surface area contributed by atoms with Gasteiger partial charge in [-0.05, 0) is 0 Å². The summed E-state index contributed by atoms with van der Waals surface area (Å²) in [4.78, 5) is 9.82. The van der Waals surface area contributed by atoms with Gasteiger partial charge in [0, 0.05) is 0 Å². The molecule has 0 aromatic heterocycles. The van der Waals surface area contributed by atoms with E-state index in [-0.39, 0.29) is 0 Å². The fraction of sp³-hybridized carbons (Fsp3) is 0.625. The molecule has 0 bridgehead atoms. The molecule has 0 rings (SSSR count). The lowest BCUT2D eigenvalue weighted by atomic mass is 10.1. The van der Waals surface area contributed by atoms with Crippen molar-refractivity contribution in [3.05, 3.63) is 11.9 Å². The second-order valence-electron chi connectivity index (χ2n) is 3.38. The summed E-state index contributed by atoms with van der Waals surface area (Å²) >= 11 is 0. The summed E-state index contributed by atoms with van der Waals surface area (Å²) < 4.78 is 126. The summed E-state index contributed by atoms with van der Waals surface area (Å²) in [6, 6.07) is 0. The lowest BCUT2D eigenvalue weighted by Gasteiger charge is -2.31. The molecule has 0 amide bonds. The molecule has 3 nitrogen and oxygen atoms in total. The Morgan fingerprint density at radius 3 is 1.76 bits per heavy atom. The van der Waals surface area contributed by atoms with E-state index in [4.69, 9.17) is 5.11 Å². The van der Waals surface area contributed by atoms with E-state index in [1.165, 1.54) is 0 Å². The van der Waals surface area contributed by atoms with Crippen LogP contribution in [0.5, 0.6) is 0 Å². The maximum Gasteiger partial charge on any atom is 0.426 e. The van der Waals surface area contributed by atoms with Crippen molar-refractivity contribution in [2.24, 2.45) is 0 Å². The van der Waals surface area contributed by atoms with Gasteiger partial charge < -0.3 is 9.84 Å². The molecule has 0 aromatic rings. The predicted octanol–water partition coefficient (Wildman–Crippen LogP) is 3.37. The quantitative estimate of drug-likeness (QED) is 0.756. The Hall–Kier alpha value is -1.53. The second-order valence-corrected chi connectivity index (χ2v) is 3.38. The molecular formula is C8H4F10O3. The minimum Gasteiger partial charge on any atom is -0.480 e. The average molecular weight is 338 g/mol. The van der Waals surface area contributed by atoms with Crippen LogP contribution in [0, 0.1) is 0 Å². The van der Waals surface area contributed by atoms with Crippen molar-refractivity contribution in [3.8, 4) is 0 Å². The number of carbonyl (C=O) groups is 1. The summed E-state index contributed by atoms with van der Waals surface area (Å²) in [6.07, 6.45) is -14.0. The van der Waals surface area contributed by atoms with Gasteiger partial charge in [0.2, 0.25) is 0 Å². The molecule has 0 saturated heterocycles. The number of alkyl halides is 9. The number of carboxylic acids is 1. The fourth-order valence-corrected chi connectivity index (χ4v) is 0.810. The van der Waals surface area contributed by atoms with Crippen molar-refractivity contribution in [1.29, 1.82) is 0 Å². The zero-order valence-electron chi connectivity index (χ0n) is 9.33. The highest BCUT2D eigenvalue weighted by Crippen LogP contribution is 2.50. The van der Waals surface area contributed by atoms with Gasteiger partial charge in [-0.2, -0.15) is 39.5 Å². The van der Waals surface area contributed by atoms with Crippen LogP contribution in [0.25, 0.3) is 0 Å². The largest absolute Gasteiger partial charge is 0.480 e. The Morgan fingerprint density at radius 1 is 1.00 bits per heavy atom. The van der Waals surface area contributed by atoms with Crippen LogP contribution >= 0.6 is 0 Å². The molecule has 124 valence electrons. The van der Waals surface area contributed by atoms with Crippen LogP contribution in [-0.4, -0.2) is 41.8 Å². The van der Waals surface area contributed by atoms with Crippen molar-refractivity contribution in [2.45, 2.75) is 24.1 Å². The van der Waals surface area contributed by atoms with E-state index in [1.807, 2.05) is 0 Å². The van der Waals surface area contributed by atoms with Crippen molar-refractivity contribution >= 4 is 5.97 Å². The highest BCUT2D eigenvalue weighted by Gasteiger charge is 2.75. The standard InChI is InChI=1S/C8H4F10O3/c9-3(1-5(10,11)12)6(13,14)7(15,16)8(17,18)21-2-4(19)20/h1H,2H2,(H,19,20). The van der Waals surface area contributed by atoms with Gasteiger partial charge in [0.05, 0.1) is 6.08 Å². The molecule has 0 aliphatic heterocycles. The van der Waals surface area contributed by atoms with E-state index in [0.717, 1.165) is 0 Å². The third-order valence-corrected chi connectivity index (χ3v) is 1.73. The van der Waals surface area contributed by atoms with Crippen LogP contribution in [0.3, 0.4) is 0 Å². The second kappa shape index (κ2) is 5.69. The molecular weight excluding hydrogens is 334 g/mol. The molecule has 1 N–H and O–H groups in total. The first-order valence-electron chi connectivity index (χ1n) is 4.49.